The molecule has 1 amide bonds. The van der Waals surface area contributed by atoms with E-state index in [1.807, 2.05) is 61.0 Å². The quantitative estimate of drug-likeness (QED) is 0.854. The normalized spacial score (nSPS) is 10.8. The number of carbonyl (C=O) groups is 1. The Bertz CT molecular complexity index is 649. The summed E-state index contributed by atoms with van der Waals surface area (Å²) in [6, 6.07) is 11.5. The van der Waals surface area contributed by atoms with Crippen molar-refractivity contribution in [2.24, 2.45) is 0 Å². The average molecular weight is 316 g/mol. The van der Waals surface area contributed by atoms with Crippen molar-refractivity contribution >= 4 is 5.91 Å². The molecule has 2 rings (SSSR count). The molecule has 0 aliphatic carbocycles. The van der Waals surface area contributed by atoms with E-state index in [1.165, 1.54) is 0 Å². The Hall–Kier alpha value is -2.27. The van der Waals surface area contributed by atoms with E-state index in [-0.39, 0.29) is 25.1 Å². The Kier molecular flexibility index (Phi) is 5.82. The van der Waals surface area contributed by atoms with E-state index in [1.54, 1.807) is 12.0 Å². The number of benzene rings is 1. The van der Waals surface area contributed by atoms with Crippen LogP contribution in [0.4, 0.5) is 0 Å². The van der Waals surface area contributed by atoms with E-state index in [2.05, 4.69) is 0 Å². The van der Waals surface area contributed by atoms with Crippen LogP contribution in [-0.2, 0) is 6.54 Å². The molecule has 0 atom stereocenters. The van der Waals surface area contributed by atoms with Gasteiger partial charge in [-0.05, 0) is 32.0 Å². The molecule has 0 bridgehead atoms. The number of methoxy groups -OCH3 is 1. The summed E-state index contributed by atoms with van der Waals surface area (Å²) in [6.45, 7) is 4.66. The first-order chi connectivity index (χ1) is 11.1. The highest BCUT2D eigenvalue weighted by atomic mass is 16.5. The third kappa shape index (κ3) is 3.93. The maximum Gasteiger partial charge on any atom is 0.270 e. The van der Waals surface area contributed by atoms with Crippen LogP contribution < -0.4 is 4.74 Å². The van der Waals surface area contributed by atoms with Gasteiger partial charge >= 0.3 is 0 Å². The molecule has 0 radical (unpaired) electrons. The SMILES string of the molecule is COc1ccccc1CN(CCO)C(=O)c1cccn1C(C)C. The molecule has 0 unspecified atom stereocenters. The number of aliphatic hydroxyl groups excluding tert-OH is 1. The van der Waals surface area contributed by atoms with Gasteiger partial charge in [-0.25, -0.2) is 0 Å². The summed E-state index contributed by atoms with van der Waals surface area (Å²) in [5, 5.41) is 9.33. The number of aliphatic hydroxyl groups is 1. The van der Waals surface area contributed by atoms with Crippen molar-refractivity contribution in [3.05, 3.63) is 53.9 Å². The van der Waals surface area contributed by atoms with Crippen LogP contribution in [0.1, 0.15) is 35.9 Å². The summed E-state index contributed by atoms with van der Waals surface area (Å²) in [6.07, 6.45) is 1.90. The van der Waals surface area contributed by atoms with Gasteiger partial charge in [0.1, 0.15) is 11.4 Å². The minimum absolute atomic E-state index is 0.0801. The van der Waals surface area contributed by atoms with Crippen LogP contribution in [0.5, 0.6) is 5.75 Å². The average Bonchev–Trinajstić information content (AvgIpc) is 3.04. The van der Waals surface area contributed by atoms with Gasteiger partial charge in [-0.2, -0.15) is 0 Å². The molecular formula is C18H24N2O3. The maximum atomic E-state index is 12.9. The highest BCUT2D eigenvalue weighted by Crippen LogP contribution is 2.21. The highest BCUT2D eigenvalue weighted by Gasteiger charge is 2.20. The van der Waals surface area contributed by atoms with Crippen LogP contribution in [0.3, 0.4) is 0 Å². The lowest BCUT2D eigenvalue weighted by Crippen LogP contribution is -2.34. The van der Waals surface area contributed by atoms with Gasteiger partial charge < -0.3 is 19.3 Å². The van der Waals surface area contributed by atoms with Crippen LogP contribution in [0.15, 0.2) is 42.6 Å². The van der Waals surface area contributed by atoms with E-state index in [0.29, 0.717) is 12.2 Å². The molecule has 0 aliphatic heterocycles. The summed E-state index contributed by atoms with van der Waals surface area (Å²) in [4.78, 5) is 14.5. The van der Waals surface area contributed by atoms with E-state index in [9.17, 15) is 9.90 Å². The lowest BCUT2D eigenvalue weighted by atomic mass is 10.1. The van der Waals surface area contributed by atoms with Gasteiger partial charge in [-0.15, -0.1) is 0 Å². The predicted molar refractivity (Wildman–Crippen MR) is 89.6 cm³/mol. The molecule has 0 fully saturated rings. The van der Waals surface area contributed by atoms with Gasteiger partial charge in [0.2, 0.25) is 0 Å². The lowest BCUT2D eigenvalue weighted by molar-refractivity contribution is 0.0694. The number of ether oxygens (including phenoxy) is 1. The molecule has 5 nitrogen and oxygen atoms in total. The van der Waals surface area contributed by atoms with Crippen LogP contribution in [0, 0.1) is 0 Å². The molecule has 23 heavy (non-hydrogen) atoms. The fraction of sp³-hybridized carbons (Fsp3) is 0.389. The molecule has 0 saturated heterocycles. The molecule has 0 saturated carbocycles. The molecule has 1 heterocycles. The third-order valence-electron chi connectivity index (χ3n) is 3.77. The number of carbonyl (C=O) groups excluding carboxylic acids is 1. The first-order valence-electron chi connectivity index (χ1n) is 7.77. The Morgan fingerprint density at radius 3 is 2.65 bits per heavy atom. The fourth-order valence-electron chi connectivity index (χ4n) is 2.60. The topological polar surface area (TPSA) is 54.7 Å². The number of para-hydroxylation sites is 1. The summed E-state index contributed by atoms with van der Waals surface area (Å²) in [5.41, 5.74) is 1.54. The molecular weight excluding hydrogens is 292 g/mol. The molecule has 5 heteroatoms. The molecule has 1 N–H and O–H groups in total. The van der Waals surface area contributed by atoms with Crippen LogP contribution >= 0.6 is 0 Å². The van der Waals surface area contributed by atoms with Gasteiger partial charge in [-0.1, -0.05) is 18.2 Å². The number of hydrogen-bond acceptors (Lipinski definition) is 3. The molecule has 124 valence electrons. The summed E-state index contributed by atoms with van der Waals surface area (Å²) in [5.74, 6) is 0.645. The van der Waals surface area contributed by atoms with Gasteiger partial charge in [0, 0.05) is 30.9 Å². The second-order valence-corrected chi connectivity index (χ2v) is 5.66. The van der Waals surface area contributed by atoms with Gasteiger partial charge in [-0.3, -0.25) is 4.79 Å². The monoisotopic (exact) mass is 316 g/mol. The zero-order valence-electron chi connectivity index (χ0n) is 13.9. The van der Waals surface area contributed by atoms with Crippen molar-refractivity contribution in [2.45, 2.75) is 26.4 Å². The Balaban J connectivity index is 2.27. The van der Waals surface area contributed by atoms with Crippen LogP contribution in [-0.4, -0.2) is 40.7 Å². The van der Waals surface area contributed by atoms with Crippen LogP contribution in [0.25, 0.3) is 0 Å². The van der Waals surface area contributed by atoms with Gasteiger partial charge in [0.15, 0.2) is 0 Å². The number of rotatable bonds is 7. The van der Waals surface area contributed by atoms with E-state index in [4.69, 9.17) is 4.74 Å². The van der Waals surface area contributed by atoms with E-state index >= 15 is 0 Å². The summed E-state index contributed by atoms with van der Waals surface area (Å²) in [7, 11) is 1.61. The van der Waals surface area contributed by atoms with E-state index in [0.717, 1.165) is 11.3 Å². The summed E-state index contributed by atoms with van der Waals surface area (Å²) >= 11 is 0. The van der Waals surface area contributed by atoms with E-state index < -0.39 is 0 Å². The Morgan fingerprint density at radius 1 is 1.26 bits per heavy atom. The number of amides is 1. The predicted octanol–water partition coefficient (Wildman–Crippen LogP) is 2.71. The smallest absolute Gasteiger partial charge is 0.270 e. The molecule has 0 aliphatic rings. The standard InChI is InChI=1S/C18H24N2O3/c1-14(2)20-10-6-8-16(20)18(22)19(11-12-21)13-15-7-4-5-9-17(15)23-3/h4-10,14,21H,11-13H2,1-3H3. The number of aromatic nitrogens is 1. The van der Waals surface area contributed by atoms with Crippen molar-refractivity contribution < 1.29 is 14.6 Å². The second-order valence-electron chi connectivity index (χ2n) is 5.66. The Labute approximate surface area is 137 Å². The van der Waals surface area contributed by atoms with Crippen molar-refractivity contribution in [3.8, 4) is 5.75 Å². The van der Waals surface area contributed by atoms with Crippen molar-refractivity contribution in [3.63, 3.8) is 0 Å². The molecule has 0 spiro atoms. The Morgan fingerprint density at radius 2 is 2.00 bits per heavy atom. The van der Waals surface area contributed by atoms with Crippen molar-refractivity contribution in [1.82, 2.24) is 9.47 Å². The van der Waals surface area contributed by atoms with Gasteiger partial charge in [0.05, 0.1) is 13.7 Å². The zero-order chi connectivity index (χ0) is 16.8. The highest BCUT2D eigenvalue weighted by molar-refractivity contribution is 5.92. The second kappa shape index (κ2) is 7.83. The lowest BCUT2D eigenvalue weighted by Gasteiger charge is -2.24. The van der Waals surface area contributed by atoms with Crippen LogP contribution in [0.2, 0.25) is 0 Å². The number of nitrogens with zero attached hydrogens (tertiary/aromatic N) is 2. The van der Waals surface area contributed by atoms with Crippen molar-refractivity contribution in [1.29, 1.82) is 0 Å². The first kappa shape index (κ1) is 17.1. The molecule has 2 aromatic rings. The van der Waals surface area contributed by atoms with Crippen molar-refractivity contribution in [2.75, 3.05) is 20.3 Å². The first-order valence-corrected chi connectivity index (χ1v) is 7.77. The van der Waals surface area contributed by atoms with Gasteiger partial charge in [0.25, 0.3) is 5.91 Å². The minimum atomic E-state index is -0.0938. The summed E-state index contributed by atoms with van der Waals surface area (Å²) < 4.78 is 7.29. The molecule has 1 aromatic carbocycles. The third-order valence-corrected chi connectivity index (χ3v) is 3.77. The number of hydrogen-bond donors (Lipinski definition) is 1. The fourth-order valence-corrected chi connectivity index (χ4v) is 2.60. The minimum Gasteiger partial charge on any atom is -0.496 e. The largest absolute Gasteiger partial charge is 0.496 e. The maximum absolute atomic E-state index is 12.9. The molecule has 1 aromatic heterocycles. The zero-order valence-corrected chi connectivity index (χ0v) is 13.9.